The SMILES string of the molecule is CC(c1cc2ccccc2o1)N(C)S(=O)(=O)c1ccc(Br)c(F)c1. The molecule has 0 N–H and O–H groups in total. The van der Waals surface area contributed by atoms with Crippen molar-refractivity contribution < 1.29 is 17.2 Å². The average Bonchev–Trinajstić information content (AvgIpc) is 2.99. The van der Waals surface area contributed by atoms with Gasteiger partial charge >= 0.3 is 0 Å². The van der Waals surface area contributed by atoms with Crippen molar-refractivity contribution in [1.82, 2.24) is 4.31 Å². The lowest BCUT2D eigenvalue weighted by Crippen LogP contribution is -2.29. The standard InChI is InChI=1S/C17H15BrFNO3S/c1-11(17-9-12-5-3-4-6-16(12)23-17)20(2)24(21,22)13-7-8-14(18)15(19)10-13/h3-11H,1-2H3. The fourth-order valence-electron chi connectivity index (χ4n) is 2.40. The number of rotatable bonds is 4. The molecule has 24 heavy (non-hydrogen) atoms. The van der Waals surface area contributed by atoms with Gasteiger partial charge in [-0.1, -0.05) is 18.2 Å². The average molecular weight is 412 g/mol. The predicted molar refractivity (Wildman–Crippen MR) is 93.7 cm³/mol. The van der Waals surface area contributed by atoms with Gasteiger partial charge in [-0.25, -0.2) is 12.8 Å². The van der Waals surface area contributed by atoms with Crippen LogP contribution in [0.2, 0.25) is 0 Å². The second-order valence-electron chi connectivity index (χ2n) is 5.46. The molecule has 0 spiro atoms. The number of sulfonamides is 1. The molecule has 3 aromatic rings. The second kappa shape index (κ2) is 6.31. The number of furan rings is 1. The summed E-state index contributed by atoms with van der Waals surface area (Å²) in [5.74, 6) is -0.0966. The van der Waals surface area contributed by atoms with E-state index in [1.165, 1.54) is 23.5 Å². The first-order chi connectivity index (χ1) is 11.3. The van der Waals surface area contributed by atoms with E-state index in [4.69, 9.17) is 4.42 Å². The van der Waals surface area contributed by atoms with Crippen LogP contribution < -0.4 is 0 Å². The zero-order valence-electron chi connectivity index (χ0n) is 13.0. The minimum atomic E-state index is -3.85. The Bertz CT molecular complexity index is 967. The molecule has 0 aliphatic carbocycles. The monoisotopic (exact) mass is 411 g/mol. The third-order valence-electron chi connectivity index (χ3n) is 3.97. The lowest BCUT2D eigenvalue weighted by Gasteiger charge is -2.22. The first kappa shape index (κ1) is 17.1. The number of benzene rings is 2. The van der Waals surface area contributed by atoms with Crippen LogP contribution in [-0.2, 0) is 10.0 Å². The van der Waals surface area contributed by atoms with Gasteiger partial charge < -0.3 is 4.42 Å². The summed E-state index contributed by atoms with van der Waals surface area (Å²) < 4.78 is 46.3. The maximum absolute atomic E-state index is 13.7. The largest absolute Gasteiger partial charge is 0.459 e. The second-order valence-corrected chi connectivity index (χ2v) is 8.31. The maximum atomic E-state index is 13.7. The maximum Gasteiger partial charge on any atom is 0.243 e. The molecule has 0 amide bonds. The molecular formula is C17H15BrFNO3S. The Kier molecular flexibility index (Phi) is 4.50. The highest BCUT2D eigenvalue weighted by molar-refractivity contribution is 9.10. The van der Waals surface area contributed by atoms with Crippen molar-refractivity contribution in [3.05, 3.63) is 64.6 Å². The van der Waals surface area contributed by atoms with Gasteiger partial charge in [0, 0.05) is 12.4 Å². The molecule has 1 heterocycles. The number of fused-ring (bicyclic) bond motifs is 1. The van der Waals surface area contributed by atoms with Gasteiger partial charge in [0.15, 0.2) is 0 Å². The Labute approximate surface area is 148 Å². The van der Waals surface area contributed by atoms with Gasteiger partial charge in [0.1, 0.15) is 17.2 Å². The fraction of sp³-hybridized carbons (Fsp3) is 0.176. The number of halogens is 2. The summed E-state index contributed by atoms with van der Waals surface area (Å²) in [7, 11) is -2.40. The van der Waals surface area contributed by atoms with Gasteiger partial charge in [0.25, 0.3) is 0 Å². The topological polar surface area (TPSA) is 50.5 Å². The zero-order chi connectivity index (χ0) is 17.5. The normalized spacial score (nSPS) is 13.5. The van der Waals surface area contributed by atoms with Crippen LogP contribution in [0, 0.1) is 5.82 Å². The van der Waals surface area contributed by atoms with Crippen molar-refractivity contribution in [3.8, 4) is 0 Å². The van der Waals surface area contributed by atoms with Crippen LogP contribution in [0.3, 0.4) is 0 Å². The van der Waals surface area contributed by atoms with E-state index < -0.39 is 21.9 Å². The van der Waals surface area contributed by atoms with E-state index in [-0.39, 0.29) is 9.37 Å². The molecule has 0 aliphatic rings. The van der Waals surface area contributed by atoms with Gasteiger partial charge in [0.2, 0.25) is 10.0 Å². The van der Waals surface area contributed by atoms with Crippen molar-refractivity contribution in [2.45, 2.75) is 17.9 Å². The zero-order valence-corrected chi connectivity index (χ0v) is 15.4. The van der Waals surface area contributed by atoms with Crippen LogP contribution in [0.1, 0.15) is 18.7 Å². The van der Waals surface area contributed by atoms with Crippen LogP contribution in [0.5, 0.6) is 0 Å². The summed E-state index contributed by atoms with van der Waals surface area (Å²) in [4.78, 5) is -0.103. The smallest absolute Gasteiger partial charge is 0.243 e. The molecule has 1 atom stereocenters. The molecule has 1 aromatic heterocycles. The lowest BCUT2D eigenvalue weighted by atomic mass is 10.2. The Morgan fingerprint density at radius 2 is 1.88 bits per heavy atom. The van der Waals surface area contributed by atoms with Crippen molar-refractivity contribution >= 4 is 36.9 Å². The number of nitrogens with zero attached hydrogens (tertiary/aromatic N) is 1. The van der Waals surface area contributed by atoms with Crippen molar-refractivity contribution in [2.24, 2.45) is 0 Å². The third-order valence-corrected chi connectivity index (χ3v) is 6.54. The summed E-state index contributed by atoms with van der Waals surface area (Å²) in [6, 6.07) is 12.5. The van der Waals surface area contributed by atoms with E-state index in [0.29, 0.717) is 11.3 Å². The summed E-state index contributed by atoms with van der Waals surface area (Å²) in [5, 5.41) is 0.903. The number of hydrogen-bond donors (Lipinski definition) is 0. The minimum absolute atomic E-state index is 0.103. The van der Waals surface area contributed by atoms with Crippen LogP contribution in [0.4, 0.5) is 4.39 Å². The van der Waals surface area contributed by atoms with Gasteiger partial charge in [-0.2, -0.15) is 4.31 Å². The molecule has 0 saturated heterocycles. The molecular weight excluding hydrogens is 397 g/mol. The van der Waals surface area contributed by atoms with Gasteiger partial charge in [-0.3, -0.25) is 0 Å². The summed E-state index contributed by atoms with van der Waals surface area (Å²) in [6.45, 7) is 1.73. The first-order valence-electron chi connectivity index (χ1n) is 7.22. The molecule has 0 radical (unpaired) electrons. The summed E-state index contributed by atoms with van der Waals surface area (Å²) in [6.07, 6.45) is 0. The van der Waals surface area contributed by atoms with Crippen molar-refractivity contribution in [3.63, 3.8) is 0 Å². The first-order valence-corrected chi connectivity index (χ1v) is 9.45. The summed E-state index contributed by atoms with van der Waals surface area (Å²) in [5.41, 5.74) is 0.694. The number of hydrogen-bond acceptors (Lipinski definition) is 3. The Morgan fingerprint density at radius 1 is 1.17 bits per heavy atom. The Morgan fingerprint density at radius 3 is 2.54 bits per heavy atom. The minimum Gasteiger partial charge on any atom is -0.459 e. The van der Waals surface area contributed by atoms with Crippen LogP contribution in [0.15, 0.2) is 62.3 Å². The van der Waals surface area contributed by atoms with E-state index in [1.807, 2.05) is 30.3 Å². The van der Waals surface area contributed by atoms with Gasteiger partial charge in [0.05, 0.1) is 15.4 Å². The van der Waals surface area contributed by atoms with Crippen LogP contribution >= 0.6 is 15.9 Å². The molecule has 7 heteroatoms. The fourth-order valence-corrected chi connectivity index (χ4v) is 3.99. The highest BCUT2D eigenvalue weighted by Gasteiger charge is 2.28. The van der Waals surface area contributed by atoms with Gasteiger partial charge in [-0.05, 0) is 53.2 Å². The van der Waals surface area contributed by atoms with Gasteiger partial charge in [-0.15, -0.1) is 0 Å². The quantitative estimate of drug-likeness (QED) is 0.624. The summed E-state index contributed by atoms with van der Waals surface area (Å²) >= 11 is 3.02. The molecule has 2 aromatic carbocycles. The van der Waals surface area contributed by atoms with Crippen LogP contribution in [-0.4, -0.2) is 19.8 Å². The molecule has 0 aliphatic heterocycles. The Balaban J connectivity index is 1.96. The van der Waals surface area contributed by atoms with E-state index in [1.54, 1.807) is 6.92 Å². The van der Waals surface area contributed by atoms with E-state index in [2.05, 4.69) is 15.9 Å². The van der Waals surface area contributed by atoms with Crippen molar-refractivity contribution in [1.29, 1.82) is 0 Å². The van der Waals surface area contributed by atoms with E-state index >= 15 is 0 Å². The molecule has 4 nitrogen and oxygen atoms in total. The van der Waals surface area contributed by atoms with E-state index in [0.717, 1.165) is 11.5 Å². The Hall–Kier alpha value is -1.70. The molecule has 0 fully saturated rings. The number of para-hydroxylation sites is 1. The molecule has 3 rings (SSSR count). The van der Waals surface area contributed by atoms with Crippen LogP contribution in [0.25, 0.3) is 11.0 Å². The highest BCUT2D eigenvalue weighted by atomic mass is 79.9. The highest BCUT2D eigenvalue weighted by Crippen LogP contribution is 2.30. The molecule has 1 unspecified atom stereocenters. The predicted octanol–water partition coefficient (Wildman–Crippen LogP) is 4.72. The third kappa shape index (κ3) is 2.99. The lowest BCUT2D eigenvalue weighted by molar-refractivity contribution is 0.348. The molecule has 126 valence electrons. The van der Waals surface area contributed by atoms with Crippen molar-refractivity contribution in [2.75, 3.05) is 7.05 Å². The van der Waals surface area contributed by atoms with E-state index in [9.17, 15) is 12.8 Å². The molecule has 0 bridgehead atoms. The molecule has 0 saturated carbocycles.